The van der Waals surface area contributed by atoms with Crippen molar-refractivity contribution in [1.29, 1.82) is 0 Å². The number of carboxylic acid groups (broad SMARTS) is 1. The number of aromatic nitrogens is 2. The van der Waals surface area contributed by atoms with E-state index >= 15 is 0 Å². The van der Waals surface area contributed by atoms with Gasteiger partial charge in [0.15, 0.2) is 0 Å². The first-order valence-corrected chi connectivity index (χ1v) is 6.70. The van der Waals surface area contributed by atoms with E-state index in [2.05, 4.69) is 20.8 Å². The van der Waals surface area contributed by atoms with Gasteiger partial charge in [0, 0.05) is 13.7 Å². The first-order valence-electron chi connectivity index (χ1n) is 6.70. The molecule has 2 heterocycles. The number of rotatable bonds is 7. The zero-order valence-electron chi connectivity index (χ0n) is 11.7. The van der Waals surface area contributed by atoms with Gasteiger partial charge in [-0.1, -0.05) is 5.16 Å². The number of hydrogen-bond donors (Lipinski definition) is 3. The topological polar surface area (TPSA) is 127 Å². The van der Waals surface area contributed by atoms with Crippen molar-refractivity contribution in [3.8, 4) is 0 Å². The van der Waals surface area contributed by atoms with Gasteiger partial charge >= 0.3 is 5.97 Å². The lowest BCUT2D eigenvalue weighted by molar-refractivity contribution is -0.139. The van der Waals surface area contributed by atoms with Crippen molar-refractivity contribution in [3.63, 3.8) is 0 Å². The second kappa shape index (κ2) is 7.14. The molecule has 1 fully saturated rings. The molecule has 0 saturated carbocycles. The summed E-state index contributed by atoms with van der Waals surface area (Å²) in [5, 5.41) is 18.0. The molecule has 1 aliphatic heterocycles. The minimum atomic E-state index is -0.995. The first kappa shape index (κ1) is 15.4. The lowest BCUT2D eigenvalue weighted by atomic mass is 10.2. The van der Waals surface area contributed by atoms with Gasteiger partial charge in [-0.25, -0.2) is 0 Å². The highest BCUT2D eigenvalue weighted by molar-refractivity contribution is 5.90. The van der Waals surface area contributed by atoms with Crippen LogP contribution in [0.5, 0.6) is 0 Å². The second-order valence-corrected chi connectivity index (χ2v) is 4.77. The number of methoxy groups -OCH3 is 1. The summed E-state index contributed by atoms with van der Waals surface area (Å²) in [4.78, 5) is 26.5. The monoisotopic (exact) mass is 298 g/mol. The third kappa shape index (κ3) is 4.23. The molecular weight excluding hydrogens is 280 g/mol. The van der Waals surface area contributed by atoms with E-state index in [0.717, 1.165) is 19.4 Å². The summed E-state index contributed by atoms with van der Waals surface area (Å²) in [5.41, 5.74) is 0. The number of nitrogens with zero attached hydrogens (tertiary/aromatic N) is 2. The van der Waals surface area contributed by atoms with Crippen LogP contribution >= 0.6 is 0 Å². The van der Waals surface area contributed by atoms with Gasteiger partial charge in [0.25, 0.3) is 11.7 Å². The maximum Gasteiger partial charge on any atom is 0.306 e. The molecule has 0 aromatic carbocycles. The Morgan fingerprint density at radius 2 is 2.43 bits per heavy atom. The van der Waals surface area contributed by atoms with Crippen molar-refractivity contribution < 1.29 is 24.0 Å². The van der Waals surface area contributed by atoms with Crippen LogP contribution in [0.3, 0.4) is 0 Å². The highest BCUT2D eigenvalue weighted by Gasteiger charge is 2.24. The van der Waals surface area contributed by atoms with Crippen LogP contribution in [-0.4, -0.2) is 53.4 Å². The maximum atomic E-state index is 11.9. The van der Waals surface area contributed by atoms with Crippen molar-refractivity contribution in [1.82, 2.24) is 20.8 Å². The van der Waals surface area contributed by atoms with Gasteiger partial charge in [-0.05, 0) is 19.4 Å². The van der Waals surface area contributed by atoms with Gasteiger partial charge in [0.2, 0.25) is 5.89 Å². The molecule has 21 heavy (non-hydrogen) atoms. The fraction of sp³-hybridized carbons (Fsp3) is 0.667. The average Bonchev–Trinajstić information content (AvgIpc) is 3.12. The summed E-state index contributed by atoms with van der Waals surface area (Å²) in [6.07, 6.45) is 1.13. The molecule has 0 radical (unpaired) electrons. The van der Waals surface area contributed by atoms with Crippen molar-refractivity contribution >= 4 is 11.9 Å². The Labute approximate surface area is 121 Å². The Morgan fingerprint density at radius 3 is 3.05 bits per heavy atom. The van der Waals surface area contributed by atoms with E-state index in [-0.39, 0.29) is 24.8 Å². The van der Waals surface area contributed by atoms with Crippen molar-refractivity contribution in [3.05, 3.63) is 11.7 Å². The van der Waals surface area contributed by atoms with Crippen LogP contribution < -0.4 is 10.6 Å². The molecule has 1 aliphatic rings. The van der Waals surface area contributed by atoms with E-state index in [4.69, 9.17) is 14.4 Å². The van der Waals surface area contributed by atoms with Gasteiger partial charge in [0.1, 0.15) is 0 Å². The predicted molar refractivity (Wildman–Crippen MR) is 69.7 cm³/mol. The molecule has 3 N–H and O–H groups in total. The van der Waals surface area contributed by atoms with Crippen molar-refractivity contribution in [2.24, 2.45) is 0 Å². The largest absolute Gasteiger partial charge is 0.481 e. The number of nitrogens with one attached hydrogen (secondary N) is 2. The molecule has 1 saturated heterocycles. The highest BCUT2D eigenvalue weighted by atomic mass is 16.5. The van der Waals surface area contributed by atoms with Gasteiger partial charge in [0.05, 0.1) is 18.6 Å². The lowest BCUT2D eigenvalue weighted by Gasteiger charge is -2.12. The van der Waals surface area contributed by atoms with E-state index < -0.39 is 18.0 Å². The van der Waals surface area contributed by atoms with Crippen molar-refractivity contribution in [2.45, 2.75) is 31.4 Å². The fourth-order valence-corrected chi connectivity index (χ4v) is 2.08. The van der Waals surface area contributed by atoms with E-state index in [1.54, 1.807) is 0 Å². The van der Waals surface area contributed by atoms with Gasteiger partial charge in [-0.3, -0.25) is 9.59 Å². The summed E-state index contributed by atoms with van der Waals surface area (Å²) >= 11 is 0. The number of ether oxygens (including phenoxy) is 1. The number of carbonyl (C=O) groups is 2. The van der Waals surface area contributed by atoms with Crippen LogP contribution in [0.25, 0.3) is 0 Å². The second-order valence-electron chi connectivity index (χ2n) is 4.77. The molecule has 9 nitrogen and oxygen atoms in total. The standard InChI is InChI=1S/C12H18N4O5/c1-20-7(5-9(17)18)6-14-11(19)10-15-12(21-16-10)8-3-2-4-13-8/h7-8,13H,2-6H2,1H3,(H,14,19)(H,17,18). The Hall–Kier alpha value is -2.00. The summed E-state index contributed by atoms with van der Waals surface area (Å²) in [7, 11) is 1.39. The third-order valence-electron chi connectivity index (χ3n) is 3.23. The summed E-state index contributed by atoms with van der Waals surface area (Å²) < 4.78 is 10.0. The summed E-state index contributed by atoms with van der Waals surface area (Å²) in [6, 6.07) is -0.00205. The highest BCUT2D eigenvalue weighted by Crippen LogP contribution is 2.20. The zero-order valence-corrected chi connectivity index (χ0v) is 11.7. The molecule has 0 spiro atoms. The van der Waals surface area contributed by atoms with E-state index in [1.165, 1.54) is 7.11 Å². The van der Waals surface area contributed by atoms with Crippen LogP contribution in [0.15, 0.2) is 4.52 Å². The third-order valence-corrected chi connectivity index (χ3v) is 3.23. The Morgan fingerprint density at radius 1 is 1.62 bits per heavy atom. The van der Waals surface area contributed by atoms with E-state index in [1.807, 2.05) is 0 Å². The van der Waals surface area contributed by atoms with E-state index in [9.17, 15) is 9.59 Å². The SMILES string of the molecule is COC(CNC(=O)c1noc(C2CCCN2)n1)CC(=O)O. The summed E-state index contributed by atoms with van der Waals surface area (Å²) in [5.74, 6) is -1.18. The molecule has 2 atom stereocenters. The molecule has 9 heteroatoms. The molecule has 116 valence electrons. The van der Waals surface area contributed by atoms with Gasteiger partial charge in [-0.2, -0.15) is 4.98 Å². The van der Waals surface area contributed by atoms with Crippen LogP contribution in [0.2, 0.25) is 0 Å². The molecule has 2 rings (SSSR count). The molecule has 1 aromatic rings. The van der Waals surface area contributed by atoms with E-state index in [0.29, 0.717) is 5.89 Å². The molecule has 1 aromatic heterocycles. The molecule has 1 amide bonds. The minimum Gasteiger partial charge on any atom is -0.481 e. The number of amides is 1. The van der Waals surface area contributed by atoms with Gasteiger partial charge in [-0.15, -0.1) is 0 Å². The van der Waals surface area contributed by atoms with Crippen molar-refractivity contribution in [2.75, 3.05) is 20.2 Å². The molecule has 0 bridgehead atoms. The number of carboxylic acids is 1. The average molecular weight is 298 g/mol. The van der Waals surface area contributed by atoms with Crippen LogP contribution in [0.1, 0.15) is 41.8 Å². The Kier molecular flexibility index (Phi) is 5.23. The maximum absolute atomic E-state index is 11.9. The number of aliphatic carboxylic acids is 1. The number of hydrogen-bond acceptors (Lipinski definition) is 7. The fourth-order valence-electron chi connectivity index (χ4n) is 2.08. The van der Waals surface area contributed by atoms with Gasteiger partial charge < -0.3 is 25.0 Å². The lowest BCUT2D eigenvalue weighted by Crippen LogP contribution is -2.35. The Balaban J connectivity index is 1.86. The Bertz CT molecular complexity index is 498. The summed E-state index contributed by atoms with van der Waals surface area (Å²) in [6.45, 7) is 0.951. The molecular formula is C12H18N4O5. The molecule has 0 aliphatic carbocycles. The predicted octanol–water partition coefficient (Wildman–Crippen LogP) is -0.286. The number of carbonyl (C=O) groups excluding carboxylic acids is 1. The minimum absolute atomic E-state index is 0.00205. The first-order chi connectivity index (χ1) is 10.1. The van der Waals surface area contributed by atoms with Crippen LogP contribution in [0.4, 0.5) is 0 Å². The van der Waals surface area contributed by atoms with Crippen LogP contribution in [0, 0.1) is 0 Å². The zero-order chi connectivity index (χ0) is 15.2. The quantitative estimate of drug-likeness (QED) is 0.627. The van der Waals surface area contributed by atoms with Crippen LogP contribution in [-0.2, 0) is 9.53 Å². The molecule has 2 unspecified atom stereocenters. The normalized spacial score (nSPS) is 19.4. The smallest absolute Gasteiger partial charge is 0.306 e.